The number of rotatable bonds is 4. The summed E-state index contributed by atoms with van der Waals surface area (Å²) in [6.45, 7) is -0.546. The van der Waals surface area contributed by atoms with Crippen molar-refractivity contribution in [2.24, 2.45) is 7.05 Å². The number of aliphatic hydroxyl groups excluding tert-OH is 1. The molecule has 2 aromatic rings. The molecule has 0 bridgehead atoms. The van der Waals surface area contributed by atoms with Crippen molar-refractivity contribution in [2.45, 2.75) is 13.0 Å². The number of aromatic nitrogens is 2. The molecule has 0 spiro atoms. The fraction of sp³-hybridized carbons (Fsp3) is 0.250. The van der Waals surface area contributed by atoms with Crippen LogP contribution in [0.5, 0.6) is 11.6 Å². The molecule has 0 unspecified atom stereocenters. The van der Waals surface area contributed by atoms with Gasteiger partial charge >= 0.3 is 0 Å². The van der Waals surface area contributed by atoms with Crippen LogP contribution in [0.1, 0.15) is 17.7 Å². The number of nitrogens with zero attached hydrogens (tertiary/aromatic N) is 2. The van der Waals surface area contributed by atoms with E-state index >= 15 is 0 Å². The van der Waals surface area contributed by atoms with Gasteiger partial charge in [0.25, 0.3) is 6.43 Å². The maximum atomic E-state index is 12.7. The molecule has 1 N–H and O–H groups in total. The van der Waals surface area contributed by atoms with Crippen molar-refractivity contribution in [3.8, 4) is 11.6 Å². The molecule has 0 fully saturated rings. The van der Waals surface area contributed by atoms with Gasteiger partial charge in [0, 0.05) is 7.05 Å². The summed E-state index contributed by atoms with van der Waals surface area (Å²) in [4.78, 5) is 0. The Morgan fingerprint density at radius 2 is 2.00 bits per heavy atom. The van der Waals surface area contributed by atoms with Crippen LogP contribution in [0.15, 0.2) is 30.3 Å². The molecule has 0 atom stereocenters. The smallest absolute Gasteiger partial charge is 0.282 e. The van der Waals surface area contributed by atoms with Crippen molar-refractivity contribution in [3.05, 3.63) is 41.6 Å². The molecule has 0 radical (unpaired) electrons. The molecule has 6 heteroatoms. The number of halogens is 2. The number of hydrogen-bond acceptors (Lipinski definition) is 3. The lowest BCUT2D eigenvalue weighted by atomic mass is 10.2. The minimum atomic E-state index is -2.74. The van der Waals surface area contributed by atoms with Crippen LogP contribution >= 0.6 is 0 Å². The first-order valence-electron chi connectivity index (χ1n) is 5.31. The van der Waals surface area contributed by atoms with E-state index in [4.69, 9.17) is 4.74 Å². The van der Waals surface area contributed by atoms with E-state index in [2.05, 4.69) is 5.10 Å². The van der Waals surface area contributed by atoms with Crippen molar-refractivity contribution in [3.63, 3.8) is 0 Å². The van der Waals surface area contributed by atoms with Crippen LogP contribution in [0.4, 0.5) is 8.78 Å². The van der Waals surface area contributed by atoms with E-state index in [9.17, 15) is 13.9 Å². The first kappa shape index (κ1) is 12.5. The summed E-state index contributed by atoms with van der Waals surface area (Å²) in [6, 6.07) is 8.72. The van der Waals surface area contributed by atoms with Gasteiger partial charge in [0.15, 0.2) is 0 Å². The van der Waals surface area contributed by atoms with Crippen LogP contribution in [0.2, 0.25) is 0 Å². The van der Waals surface area contributed by atoms with Crippen LogP contribution in [0.3, 0.4) is 0 Å². The Balaban J connectivity index is 2.38. The van der Waals surface area contributed by atoms with E-state index in [1.165, 1.54) is 11.7 Å². The average Bonchev–Trinajstić information content (AvgIpc) is 2.68. The van der Waals surface area contributed by atoms with E-state index in [0.29, 0.717) is 5.75 Å². The second-order valence-corrected chi connectivity index (χ2v) is 3.67. The fourth-order valence-corrected chi connectivity index (χ4v) is 1.62. The topological polar surface area (TPSA) is 47.3 Å². The summed E-state index contributed by atoms with van der Waals surface area (Å²) in [6.07, 6.45) is -2.74. The number of para-hydroxylation sites is 1. The van der Waals surface area contributed by atoms with Gasteiger partial charge in [-0.05, 0) is 12.1 Å². The van der Waals surface area contributed by atoms with Gasteiger partial charge in [-0.15, -0.1) is 0 Å². The second-order valence-electron chi connectivity index (χ2n) is 3.67. The monoisotopic (exact) mass is 254 g/mol. The van der Waals surface area contributed by atoms with Crippen LogP contribution in [-0.2, 0) is 13.7 Å². The Hall–Kier alpha value is -1.95. The minimum absolute atomic E-state index is 0.0105. The zero-order valence-electron chi connectivity index (χ0n) is 9.68. The molecular weight excluding hydrogens is 242 g/mol. The van der Waals surface area contributed by atoms with Crippen LogP contribution in [-0.4, -0.2) is 14.9 Å². The Kier molecular flexibility index (Phi) is 3.57. The number of aliphatic hydroxyl groups is 1. The Morgan fingerprint density at radius 1 is 1.33 bits per heavy atom. The van der Waals surface area contributed by atoms with E-state index in [1.807, 2.05) is 6.07 Å². The molecule has 4 nitrogen and oxygen atoms in total. The van der Waals surface area contributed by atoms with Gasteiger partial charge in [-0.3, -0.25) is 0 Å². The first-order chi connectivity index (χ1) is 8.63. The Morgan fingerprint density at radius 3 is 2.56 bits per heavy atom. The molecule has 2 rings (SSSR count). The van der Waals surface area contributed by atoms with Crippen molar-refractivity contribution in [1.82, 2.24) is 9.78 Å². The van der Waals surface area contributed by atoms with Crippen LogP contribution in [0.25, 0.3) is 0 Å². The van der Waals surface area contributed by atoms with Crippen LogP contribution < -0.4 is 4.74 Å². The molecule has 96 valence electrons. The lowest BCUT2D eigenvalue weighted by Gasteiger charge is -2.07. The molecule has 1 aromatic heterocycles. The zero-order valence-corrected chi connectivity index (χ0v) is 9.68. The highest BCUT2D eigenvalue weighted by Gasteiger charge is 2.23. The first-order valence-corrected chi connectivity index (χ1v) is 5.31. The highest BCUT2D eigenvalue weighted by molar-refractivity contribution is 5.36. The molecule has 0 aliphatic rings. The van der Waals surface area contributed by atoms with Gasteiger partial charge < -0.3 is 9.84 Å². The molecule has 0 saturated carbocycles. The summed E-state index contributed by atoms with van der Waals surface area (Å²) < 4.78 is 32.1. The standard InChI is InChI=1S/C12H12F2N2O2/c1-16-12(18-8-5-3-2-4-6-8)9(7-17)10(15-16)11(13)14/h2-6,11,17H,7H2,1H3. The summed E-state index contributed by atoms with van der Waals surface area (Å²) >= 11 is 0. The number of ether oxygens (including phenoxy) is 1. The quantitative estimate of drug-likeness (QED) is 0.912. The molecule has 1 aromatic carbocycles. The third-order valence-electron chi connectivity index (χ3n) is 2.44. The van der Waals surface area contributed by atoms with Crippen molar-refractivity contribution >= 4 is 0 Å². The molecule has 0 aliphatic carbocycles. The highest BCUT2D eigenvalue weighted by atomic mass is 19.3. The van der Waals surface area contributed by atoms with Gasteiger partial charge in [0.05, 0.1) is 12.2 Å². The Bertz CT molecular complexity index is 526. The maximum absolute atomic E-state index is 12.7. The van der Waals surface area contributed by atoms with Crippen molar-refractivity contribution in [1.29, 1.82) is 0 Å². The highest BCUT2D eigenvalue weighted by Crippen LogP contribution is 2.31. The van der Waals surface area contributed by atoms with Gasteiger partial charge in [-0.1, -0.05) is 18.2 Å². The fourth-order valence-electron chi connectivity index (χ4n) is 1.62. The lowest BCUT2D eigenvalue weighted by Crippen LogP contribution is -1.96. The predicted molar refractivity (Wildman–Crippen MR) is 60.6 cm³/mol. The summed E-state index contributed by atoms with van der Waals surface area (Å²) in [7, 11) is 1.49. The number of benzene rings is 1. The largest absolute Gasteiger partial charge is 0.439 e. The van der Waals surface area contributed by atoms with E-state index < -0.39 is 18.7 Å². The van der Waals surface area contributed by atoms with Crippen molar-refractivity contribution in [2.75, 3.05) is 0 Å². The zero-order chi connectivity index (χ0) is 13.1. The predicted octanol–water partition coefficient (Wildman–Crippen LogP) is 2.64. The summed E-state index contributed by atoms with van der Waals surface area (Å²) in [5.41, 5.74) is -0.442. The minimum Gasteiger partial charge on any atom is -0.439 e. The number of aryl methyl sites for hydroxylation is 1. The third kappa shape index (κ3) is 2.33. The van der Waals surface area contributed by atoms with E-state index in [0.717, 1.165) is 0 Å². The van der Waals surface area contributed by atoms with Gasteiger partial charge in [-0.25, -0.2) is 13.5 Å². The number of hydrogen-bond donors (Lipinski definition) is 1. The average molecular weight is 254 g/mol. The van der Waals surface area contributed by atoms with E-state index in [-0.39, 0.29) is 11.4 Å². The second kappa shape index (κ2) is 5.14. The molecular formula is C12H12F2N2O2. The SMILES string of the molecule is Cn1nc(C(F)F)c(CO)c1Oc1ccccc1. The molecule has 0 saturated heterocycles. The normalized spacial score (nSPS) is 10.9. The van der Waals surface area contributed by atoms with E-state index in [1.54, 1.807) is 24.3 Å². The molecule has 0 amide bonds. The van der Waals surface area contributed by atoms with Gasteiger partial charge in [-0.2, -0.15) is 5.10 Å². The summed E-state index contributed by atoms with van der Waals surface area (Å²) in [5.74, 6) is 0.620. The lowest BCUT2D eigenvalue weighted by molar-refractivity contribution is 0.141. The summed E-state index contributed by atoms with van der Waals surface area (Å²) in [5, 5.41) is 12.8. The van der Waals surface area contributed by atoms with Crippen molar-refractivity contribution < 1.29 is 18.6 Å². The number of alkyl halides is 2. The van der Waals surface area contributed by atoms with Gasteiger partial charge in [0.2, 0.25) is 5.88 Å². The third-order valence-corrected chi connectivity index (χ3v) is 2.44. The maximum Gasteiger partial charge on any atom is 0.282 e. The molecule has 18 heavy (non-hydrogen) atoms. The Labute approximate surface area is 102 Å². The van der Waals surface area contributed by atoms with Gasteiger partial charge in [0.1, 0.15) is 11.4 Å². The molecule has 0 aliphatic heterocycles. The molecule has 1 heterocycles. The van der Waals surface area contributed by atoms with Crippen LogP contribution in [0, 0.1) is 0 Å².